The van der Waals surface area contributed by atoms with Crippen LogP contribution in [0.1, 0.15) is 0 Å². The van der Waals surface area contributed by atoms with Gasteiger partial charge in [0.1, 0.15) is 0 Å². The van der Waals surface area contributed by atoms with Gasteiger partial charge < -0.3 is 0 Å². The van der Waals surface area contributed by atoms with Crippen molar-refractivity contribution in [2.24, 2.45) is 0 Å². The highest BCUT2D eigenvalue weighted by molar-refractivity contribution is 8.01. The van der Waals surface area contributed by atoms with Gasteiger partial charge >= 0.3 is 42.6 Å². The van der Waals surface area contributed by atoms with Crippen molar-refractivity contribution in [1.82, 2.24) is 0 Å². The molecule has 0 saturated heterocycles. The van der Waals surface area contributed by atoms with Crippen molar-refractivity contribution in [2.75, 3.05) is 0 Å². The van der Waals surface area contributed by atoms with E-state index >= 15 is 0 Å². The van der Waals surface area contributed by atoms with E-state index in [0.717, 1.165) is 0 Å². The highest BCUT2D eigenvalue weighted by Gasteiger charge is 2.52. The minimum Gasteiger partial charge on any atom is -0.195 e. The summed E-state index contributed by atoms with van der Waals surface area (Å²) in [6.45, 7) is 0. The van der Waals surface area contributed by atoms with E-state index in [4.69, 9.17) is 0 Å². The van der Waals surface area contributed by atoms with E-state index in [2.05, 4.69) is 7.26 Å². The summed E-state index contributed by atoms with van der Waals surface area (Å²) in [7, 11) is -13.1. The van der Waals surface area contributed by atoms with Gasteiger partial charge in [0.05, 0.1) is 0 Å². The molecule has 0 aromatic heterocycles. The number of hydrogen-bond donors (Lipinski definition) is 0. The van der Waals surface area contributed by atoms with Crippen molar-refractivity contribution in [3.8, 4) is 0 Å². The molecular formula is C2F6O7S3. The van der Waals surface area contributed by atoms with Crippen molar-refractivity contribution in [3.63, 3.8) is 0 Å². The summed E-state index contributed by atoms with van der Waals surface area (Å²) >= 11 is -4.37. The Labute approximate surface area is 97.8 Å². The van der Waals surface area contributed by atoms with Gasteiger partial charge in [-0.05, 0) is 0 Å². The Balaban J connectivity index is 4.98. The minimum atomic E-state index is -6.57. The average Bonchev–Trinajstić information content (AvgIpc) is 1.95. The van der Waals surface area contributed by atoms with E-state index in [-0.39, 0.29) is 0 Å². The topological polar surface area (TPSA) is 104 Å². The predicted molar refractivity (Wildman–Crippen MR) is 40.3 cm³/mol. The van der Waals surface area contributed by atoms with E-state index in [0.29, 0.717) is 0 Å². The van der Waals surface area contributed by atoms with Gasteiger partial charge in [0.25, 0.3) is 0 Å². The van der Waals surface area contributed by atoms with Crippen molar-refractivity contribution in [3.05, 3.63) is 0 Å². The number of rotatable bonds is 4. The molecule has 0 fully saturated rings. The maximum atomic E-state index is 11.6. The molecule has 0 spiro atoms. The van der Waals surface area contributed by atoms with Crippen molar-refractivity contribution >= 4 is 31.6 Å². The van der Waals surface area contributed by atoms with Gasteiger partial charge in [-0.3, -0.25) is 0 Å². The second-order valence-electron chi connectivity index (χ2n) is 2.14. The standard InChI is InChI=1S/C2F6O7S3/c3-1(4,5)17(10,11)14-16(9)15-18(12,13)2(6,7)8. The average molecular weight is 346 g/mol. The fourth-order valence-corrected chi connectivity index (χ4v) is 2.32. The minimum absolute atomic E-state index is 2.55. The van der Waals surface area contributed by atoms with Crippen LogP contribution in [0.4, 0.5) is 26.3 Å². The molecule has 0 amide bonds. The maximum absolute atomic E-state index is 11.6. The zero-order valence-corrected chi connectivity index (χ0v) is 9.80. The second-order valence-corrected chi connectivity index (χ2v) is 6.38. The molecule has 0 atom stereocenters. The molecule has 7 nitrogen and oxygen atoms in total. The molecule has 0 rings (SSSR count). The SMILES string of the molecule is O=S(OS(=O)(=O)C(F)(F)F)OS(=O)(=O)C(F)(F)F. The molecule has 0 aromatic carbocycles. The van der Waals surface area contributed by atoms with Gasteiger partial charge in [-0.15, -0.1) is 7.26 Å². The van der Waals surface area contributed by atoms with E-state index in [1.54, 1.807) is 0 Å². The summed E-state index contributed by atoms with van der Waals surface area (Å²) in [6, 6.07) is 0. The van der Waals surface area contributed by atoms with Crippen LogP contribution in [-0.4, -0.2) is 32.1 Å². The molecule has 0 aliphatic heterocycles. The van der Waals surface area contributed by atoms with E-state index in [9.17, 15) is 47.4 Å². The van der Waals surface area contributed by atoms with Gasteiger partial charge in [-0.25, -0.2) is 0 Å². The van der Waals surface area contributed by atoms with Gasteiger partial charge in [0, 0.05) is 0 Å². The highest BCUT2D eigenvalue weighted by Crippen LogP contribution is 2.28. The van der Waals surface area contributed by atoms with Gasteiger partial charge in [-0.1, -0.05) is 0 Å². The first-order valence-electron chi connectivity index (χ1n) is 3.04. The van der Waals surface area contributed by atoms with Crippen molar-refractivity contribution < 1.29 is 54.6 Å². The monoisotopic (exact) mass is 346 g/mol. The van der Waals surface area contributed by atoms with E-state index < -0.39 is 42.6 Å². The maximum Gasteiger partial charge on any atom is 0.524 e. The molecule has 0 aliphatic carbocycles. The van der Waals surface area contributed by atoms with Gasteiger partial charge in [-0.2, -0.15) is 47.4 Å². The van der Waals surface area contributed by atoms with Crippen LogP contribution < -0.4 is 0 Å². The molecule has 110 valence electrons. The molecule has 0 N–H and O–H groups in total. The fraction of sp³-hybridized carbons (Fsp3) is 1.00. The third-order valence-corrected chi connectivity index (χ3v) is 4.31. The number of halogens is 6. The summed E-state index contributed by atoms with van der Waals surface area (Å²) in [5.41, 5.74) is -12.2. The summed E-state index contributed by atoms with van der Waals surface area (Å²) in [6.07, 6.45) is 0. The lowest BCUT2D eigenvalue weighted by molar-refractivity contribution is -0.0511. The Morgan fingerprint density at radius 1 is 0.722 bits per heavy atom. The molecule has 0 bridgehead atoms. The lowest BCUT2D eigenvalue weighted by Gasteiger charge is -2.08. The van der Waals surface area contributed by atoms with Crippen molar-refractivity contribution in [2.45, 2.75) is 11.0 Å². The molecule has 0 unspecified atom stereocenters. The Bertz CT molecular complexity index is 475. The molecular weight excluding hydrogens is 346 g/mol. The third kappa shape index (κ3) is 4.34. The highest BCUT2D eigenvalue weighted by atomic mass is 32.3. The van der Waals surface area contributed by atoms with Crippen LogP contribution in [0.5, 0.6) is 0 Å². The molecule has 0 radical (unpaired) electrons. The van der Waals surface area contributed by atoms with Crippen LogP contribution in [0.2, 0.25) is 0 Å². The Morgan fingerprint density at radius 2 is 0.944 bits per heavy atom. The fourth-order valence-electron chi connectivity index (χ4n) is 0.235. The Kier molecular flexibility index (Phi) is 4.79. The summed E-state index contributed by atoms with van der Waals surface area (Å²) < 4.78 is 125. The smallest absolute Gasteiger partial charge is 0.195 e. The predicted octanol–water partition coefficient (Wildman–Crippen LogP) is 0.298. The Morgan fingerprint density at radius 3 is 1.11 bits per heavy atom. The zero-order valence-electron chi connectivity index (χ0n) is 7.35. The lowest BCUT2D eigenvalue weighted by Crippen LogP contribution is -2.30. The van der Waals surface area contributed by atoms with Crippen LogP contribution in [0.3, 0.4) is 0 Å². The van der Waals surface area contributed by atoms with E-state index in [1.165, 1.54) is 0 Å². The normalized spacial score (nSPS) is 15.1. The quantitative estimate of drug-likeness (QED) is 0.532. The van der Waals surface area contributed by atoms with Crippen LogP contribution in [-0.2, 0) is 38.9 Å². The largest absolute Gasteiger partial charge is 0.524 e. The van der Waals surface area contributed by atoms with Crippen LogP contribution in [0.15, 0.2) is 0 Å². The number of hydrogen-bond acceptors (Lipinski definition) is 7. The van der Waals surface area contributed by atoms with Crippen LogP contribution in [0.25, 0.3) is 0 Å². The van der Waals surface area contributed by atoms with Crippen LogP contribution in [0, 0.1) is 0 Å². The molecule has 0 aromatic rings. The lowest BCUT2D eigenvalue weighted by atomic mass is 11.6. The van der Waals surface area contributed by atoms with Crippen molar-refractivity contribution in [1.29, 1.82) is 0 Å². The molecule has 16 heteroatoms. The molecule has 18 heavy (non-hydrogen) atoms. The summed E-state index contributed by atoms with van der Waals surface area (Å²) in [5, 5.41) is 0. The van der Waals surface area contributed by atoms with Crippen LogP contribution >= 0.6 is 0 Å². The van der Waals surface area contributed by atoms with E-state index in [1.807, 2.05) is 0 Å². The number of alkyl halides is 6. The van der Waals surface area contributed by atoms with Gasteiger partial charge in [0.2, 0.25) is 0 Å². The first kappa shape index (κ1) is 17.6. The zero-order chi connectivity index (χ0) is 15.0. The second kappa shape index (κ2) is 4.91. The summed E-state index contributed by atoms with van der Waals surface area (Å²) in [4.78, 5) is 0. The molecule has 0 aliphatic rings. The first-order chi connectivity index (χ1) is 7.60. The molecule has 0 heterocycles. The molecule has 0 saturated carbocycles. The summed E-state index contributed by atoms with van der Waals surface area (Å²) in [5.74, 6) is 0. The first-order valence-corrected chi connectivity index (χ1v) is 6.86. The Hall–Kier alpha value is -0.450. The van der Waals surface area contributed by atoms with Gasteiger partial charge in [0.15, 0.2) is 0 Å². The third-order valence-electron chi connectivity index (χ3n) is 0.857.